The van der Waals surface area contributed by atoms with Gasteiger partial charge in [-0.05, 0) is 44.0 Å². The third-order valence-electron chi connectivity index (χ3n) is 6.12. The van der Waals surface area contributed by atoms with E-state index in [-0.39, 0.29) is 24.0 Å². The maximum atomic E-state index is 5.97. The van der Waals surface area contributed by atoms with Crippen LogP contribution in [0.3, 0.4) is 0 Å². The van der Waals surface area contributed by atoms with Gasteiger partial charge in [0.15, 0.2) is 5.96 Å². The number of benzene rings is 2. The summed E-state index contributed by atoms with van der Waals surface area (Å²) < 4.78 is 5.97. The Hall–Kier alpha value is -1.64. The number of nitrogens with one attached hydrogen (secondary N) is 1. The minimum atomic E-state index is 0. The fourth-order valence-corrected chi connectivity index (χ4v) is 3.92. The lowest BCUT2D eigenvalue weighted by molar-refractivity contribution is 0.0906. The van der Waals surface area contributed by atoms with Crippen molar-refractivity contribution in [3.63, 3.8) is 0 Å². The Morgan fingerprint density at radius 1 is 1.12 bits per heavy atom. The highest BCUT2D eigenvalue weighted by Gasteiger charge is 2.25. The SMILES string of the molecule is CN=C(NCc1ccccc1CN(C)C(C)C)N1CCC(COCc2ccccc2)C1.I. The van der Waals surface area contributed by atoms with E-state index in [9.17, 15) is 0 Å². The van der Waals surface area contributed by atoms with Crippen molar-refractivity contribution >= 4 is 29.9 Å². The Morgan fingerprint density at radius 2 is 1.81 bits per heavy atom. The zero-order valence-electron chi connectivity index (χ0n) is 20.0. The molecule has 1 aliphatic rings. The van der Waals surface area contributed by atoms with Crippen LogP contribution in [-0.2, 0) is 24.4 Å². The van der Waals surface area contributed by atoms with Gasteiger partial charge in [-0.15, -0.1) is 24.0 Å². The van der Waals surface area contributed by atoms with Gasteiger partial charge < -0.3 is 15.0 Å². The largest absolute Gasteiger partial charge is 0.376 e. The number of hydrogen-bond donors (Lipinski definition) is 1. The van der Waals surface area contributed by atoms with Crippen LogP contribution in [0, 0.1) is 5.92 Å². The smallest absolute Gasteiger partial charge is 0.193 e. The fraction of sp³-hybridized carbons (Fsp3) is 0.500. The zero-order valence-corrected chi connectivity index (χ0v) is 22.3. The predicted molar refractivity (Wildman–Crippen MR) is 144 cm³/mol. The quantitative estimate of drug-likeness (QED) is 0.278. The first-order valence-electron chi connectivity index (χ1n) is 11.4. The van der Waals surface area contributed by atoms with E-state index >= 15 is 0 Å². The molecule has 1 fully saturated rings. The number of rotatable bonds is 9. The van der Waals surface area contributed by atoms with Crippen molar-refractivity contribution < 1.29 is 4.74 Å². The van der Waals surface area contributed by atoms with Crippen molar-refractivity contribution in [3.8, 4) is 0 Å². The van der Waals surface area contributed by atoms with Crippen molar-refractivity contribution in [3.05, 3.63) is 71.3 Å². The second-order valence-electron chi connectivity index (χ2n) is 8.78. The number of hydrogen-bond acceptors (Lipinski definition) is 3. The number of halogens is 1. The second-order valence-corrected chi connectivity index (χ2v) is 8.78. The van der Waals surface area contributed by atoms with Gasteiger partial charge in [0.25, 0.3) is 0 Å². The Balaban J connectivity index is 0.00000363. The Labute approximate surface area is 211 Å². The third kappa shape index (κ3) is 8.05. The minimum absolute atomic E-state index is 0. The van der Waals surface area contributed by atoms with E-state index in [2.05, 4.69) is 89.5 Å². The zero-order chi connectivity index (χ0) is 22.1. The van der Waals surface area contributed by atoms with Gasteiger partial charge >= 0.3 is 0 Å². The molecule has 1 aliphatic heterocycles. The molecule has 1 N–H and O–H groups in total. The van der Waals surface area contributed by atoms with Gasteiger partial charge in [-0.25, -0.2) is 0 Å². The molecule has 0 amide bonds. The van der Waals surface area contributed by atoms with Crippen LogP contribution >= 0.6 is 24.0 Å². The van der Waals surface area contributed by atoms with Crippen LogP contribution in [0.25, 0.3) is 0 Å². The minimum Gasteiger partial charge on any atom is -0.376 e. The molecular weight excluding hydrogens is 511 g/mol. The van der Waals surface area contributed by atoms with Gasteiger partial charge in [0.05, 0.1) is 13.2 Å². The second kappa shape index (κ2) is 13.8. The summed E-state index contributed by atoms with van der Waals surface area (Å²) in [4.78, 5) is 9.28. The molecule has 0 spiro atoms. The van der Waals surface area contributed by atoms with Crippen LogP contribution in [0.1, 0.15) is 37.0 Å². The summed E-state index contributed by atoms with van der Waals surface area (Å²) in [6, 6.07) is 19.6. The molecule has 1 unspecified atom stereocenters. The van der Waals surface area contributed by atoms with E-state index in [4.69, 9.17) is 4.74 Å². The number of nitrogens with zero attached hydrogens (tertiary/aromatic N) is 3. The van der Waals surface area contributed by atoms with Crippen LogP contribution in [0.2, 0.25) is 0 Å². The van der Waals surface area contributed by atoms with Crippen molar-refractivity contribution in [2.75, 3.05) is 33.8 Å². The molecule has 32 heavy (non-hydrogen) atoms. The molecule has 2 aromatic rings. The Kier molecular flexibility index (Phi) is 11.5. The van der Waals surface area contributed by atoms with E-state index in [0.29, 0.717) is 18.6 Å². The van der Waals surface area contributed by atoms with Gasteiger partial charge in [0.2, 0.25) is 0 Å². The van der Waals surface area contributed by atoms with Crippen LogP contribution < -0.4 is 5.32 Å². The van der Waals surface area contributed by atoms with Crippen LogP contribution in [-0.4, -0.2) is 55.6 Å². The summed E-state index contributed by atoms with van der Waals surface area (Å²) in [5, 5.41) is 3.59. The summed E-state index contributed by atoms with van der Waals surface area (Å²) >= 11 is 0. The number of guanidine groups is 1. The summed E-state index contributed by atoms with van der Waals surface area (Å²) in [6.07, 6.45) is 1.14. The Bertz CT molecular complexity index is 828. The number of likely N-dealkylation sites (tertiary alicyclic amines) is 1. The van der Waals surface area contributed by atoms with Gasteiger partial charge in [0.1, 0.15) is 0 Å². The lowest BCUT2D eigenvalue weighted by atomic mass is 10.1. The van der Waals surface area contributed by atoms with E-state index < -0.39 is 0 Å². The maximum absolute atomic E-state index is 5.97. The fourth-order valence-electron chi connectivity index (χ4n) is 3.92. The van der Waals surface area contributed by atoms with E-state index in [1.165, 1.54) is 16.7 Å². The molecule has 0 aromatic heterocycles. The molecule has 6 heteroatoms. The van der Waals surface area contributed by atoms with Crippen molar-refractivity contribution in [1.29, 1.82) is 0 Å². The molecule has 0 aliphatic carbocycles. The highest BCUT2D eigenvalue weighted by molar-refractivity contribution is 14.0. The molecule has 0 saturated carbocycles. The van der Waals surface area contributed by atoms with Gasteiger partial charge in [-0.2, -0.15) is 0 Å². The summed E-state index contributed by atoms with van der Waals surface area (Å²) in [6.45, 7) is 9.72. The standard InChI is InChI=1S/C26H38N4O.HI/c1-21(2)29(4)18-25-13-9-8-12-24(25)16-28-26(27-3)30-15-14-23(17-30)20-31-19-22-10-6-5-7-11-22;/h5-13,21,23H,14-20H2,1-4H3,(H,27,28);1H. The first-order chi connectivity index (χ1) is 15.1. The molecule has 1 atom stereocenters. The number of ether oxygens (including phenoxy) is 1. The van der Waals surface area contributed by atoms with E-state index in [1.54, 1.807) is 0 Å². The van der Waals surface area contributed by atoms with Gasteiger partial charge in [0, 0.05) is 45.2 Å². The molecule has 2 aromatic carbocycles. The Morgan fingerprint density at radius 3 is 2.50 bits per heavy atom. The molecule has 176 valence electrons. The maximum Gasteiger partial charge on any atom is 0.193 e. The molecule has 1 heterocycles. The average molecular weight is 551 g/mol. The van der Waals surface area contributed by atoms with Crippen molar-refractivity contribution in [2.24, 2.45) is 10.9 Å². The molecule has 5 nitrogen and oxygen atoms in total. The molecule has 0 radical (unpaired) electrons. The predicted octanol–water partition coefficient (Wildman–Crippen LogP) is 4.76. The lowest BCUT2D eigenvalue weighted by Gasteiger charge is -2.24. The first kappa shape index (κ1) is 26.6. The lowest BCUT2D eigenvalue weighted by Crippen LogP contribution is -2.40. The summed E-state index contributed by atoms with van der Waals surface area (Å²) in [7, 11) is 4.05. The van der Waals surface area contributed by atoms with Gasteiger partial charge in [-0.3, -0.25) is 9.89 Å². The van der Waals surface area contributed by atoms with Crippen molar-refractivity contribution in [2.45, 2.75) is 46.0 Å². The van der Waals surface area contributed by atoms with E-state index in [0.717, 1.165) is 45.2 Å². The van der Waals surface area contributed by atoms with Crippen LogP contribution in [0.4, 0.5) is 0 Å². The van der Waals surface area contributed by atoms with E-state index in [1.807, 2.05) is 13.1 Å². The first-order valence-corrected chi connectivity index (χ1v) is 11.4. The highest BCUT2D eigenvalue weighted by atomic mass is 127. The molecule has 0 bridgehead atoms. The van der Waals surface area contributed by atoms with Crippen LogP contribution in [0.15, 0.2) is 59.6 Å². The summed E-state index contributed by atoms with van der Waals surface area (Å²) in [5.74, 6) is 1.53. The van der Waals surface area contributed by atoms with Crippen LogP contribution in [0.5, 0.6) is 0 Å². The monoisotopic (exact) mass is 550 g/mol. The molecule has 1 saturated heterocycles. The normalized spacial score (nSPS) is 16.5. The number of aliphatic imine (C=N–C) groups is 1. The molecule has 3 rings (SSSR count). The van der Waals surface area contributed by atoms with Crippen molar-refractivity contribution in [1.82, 2.24) is 15.1 Å². The molecular formula is C26H39IN4O. The topological polar surface area (TPSA) is 40.1 Å². The third-order valence-corrected chi connectivity index (χ3v) is 6.12. The average Bonchev–Trinajstić information content (AvgIpc) is 3.24. The highest BCUT2D eigenvalue weighted by Crippen LogP contribution is 2.18. The summed E-state index contributed by atoms with van der Waals surface area (Å²) in [5.41, 5.74) is 3.94. The van der Waals surface area contributed by atoms with Gasteiger partial charge in [-0.1, -0.05) is 54.6 Å².